The van der Waals surface area contributed by atoms with Crippen LogP contribution in [-0.2, 0) is 0 Å². The molecule has 0 bridgehead atoms. The number of nitrogens with zero attached hydrogens (tertiary/aromatic N) is 2. The van der Waals surface area contributed by atoms with E-state index >= 15 is 0 Å². The van der Waals surface area contributed by atoms with Crippen molar-refractivity contribution in [3.05, 3.63) is 27.2 Å². The van der Waals surface area contributed by atoms with Gasteiger partial charge in [0.15, 0.2) is 5.82 Å². The quantitative estimate of drug-likeness (QED) is 0.667. The van der Waals surface area contributed by atoms with E-state index in [1.54, 1.807) is 11.3 Å². The Labute approximate surface area is 119 Å². The van der Waals surface area contributed by atoms with Gasteiger partial charge in [0.25, 0.3) is 0 Å². The molecule has 0 aliphatic rings. The maximum Gasteiger partial charge on any atom is 0.173 e. The smallest absolute Gasteiger partial charge is 0.173 e. The lowest BCUT2D eigenvalue weighted by atomic mass is 10.0. The molecule has 0 radical (unpaired) electrons. The summed E-state index contributed by atoms with van der Waals surface area (Å²) in [7, 11) is 0. The van der Waals surface area contributed by atoms with Gasteiger partial charge in [-0.25, -0.2) is 15.8 Å². The van der Waals surface area contributed by atoms with Gasteiger partial charge in [-0.1, -0.05) is 13.8 Å². The minimum Gasteiger partial charge on any atom is -0.308 e. The zero-order valence-electron chi connectivity index (χ0n) is 10.5. The van der Waals surface area contributed by atoms with Crippen LogP contribution in [0, 0.1) is 6.92 Å². The molecule has 0 aliphatic carbocycles. The number of nitrogen functional groups attached to an aromatic ring is 1. The van der Waals surface area contributed by atoms with E-state index in [0.717, 1.165) is 20.6 Å². The van der Waals surface area contributed by atoms with Crippen LogP contribution >= 0.6 is 27.3 Å². The van der Waals surface area contributed by atoms with Gasteiger partial charge in [-0.3, -0.25) is 0 Å². The molecule has 18 heavy (non-hydrogen) atoms. The van der Waals surface area contributed by atoms with E-state index in [1.807, 2.05) is 18.4 Å². The number of hydrogen-bond donors (Lipinski definition) is 2. The normalized spacial score (nSPS) is 11.0. The fraction of sp³-hybridized carbons (Fsp3) is 0.333. The third-order valence-corrected chi connectivity index (χ3v) is 4.50. The molecule has 6 heteroatoms. The Kier molecular flexibility index (Phi) is 3.99. The third kappa shape index (κ3) is 2.41. The van der Waals surface area contributed by atoms with Crippen LogP contribution in [-0.4, -0.2) is 9.97 Å². The van der Waals surface area contributed by atoms with Gasteiger partial charge < -0.3 is 5.43 Å². The van der Waals surface area contributed by atoms with Crippen LogP contribution < -0.4 is 11.3 Å². The molecule has 2 aromatic heterocycles. The molecule has 0 aromatic carbocycles. The Morgan fingerprint density at radius 1 is 1.39 bits per heavy atom. The molecule has 0 amide bonds. The van der Waals surface area contributed by atoms with Gasteiger partial charge in [-0.05, 0) is 40.2 Å². The summed E-state index contributed by atoms with van der Waals surface area (Å²) in [5.41, 5.74) is 4.70. The number of nitrogens with two attached hydrogens (primary N) is 1. The second-order valence-corrected chi connectivity index (χ2v) is 6.06. The Bertz CT molecular complexity index is 565. The van der Waals surface area contributed by atoms with Crippen molar-refractivity contribution in [2.75, 3.05) is 5.43 Å². The average Bonchev–Trinajstić information content (AvgIpc) is 2.73. The van der Waals surface area contributed by atoms with Crippen molar-refractivity contribution in [1.82, 2.24) is 9.97 Å². The number of hydrazine groups is 1. The minimum atomic E-state index is 0.330. The minimum absolute atomic E-state index is 0.330. The molecular weight excluding hydrogens is 312 g/mol. The van der Waals surface area contributed by atoms with Gasteiger partial charge in [-0.2, -0.15) is 0 Å². The van der Waals surface area contributed by atoms with E-state index < -0.39 is 0 Å². The Morgan fingerprint density at radius 3 is 2.61 bits per heavy atom. The van der Waals surface area contributed by atoms with Gasteiger partial charge in [0.1, 0.15) is 5.82 Å². The molecule has 4 nitrogen and oxygen atoms in total. The molecule has 0 saturated carbocycles. The van der Waals surface area contributed by atoms with Crippen LogP contribution in [0.4, 0.5) is 5.82 Å². The van der Waals surface area contributed by atoms with Crippen LogP contribution in [0.1, 0.15) is 31.0 Å². The highest BCUT2D eigenvalue weighted by Crippen LogP contribution is 2.34. The Balaban J connectivity index is 2.60. The van der Waals surface area contributed by atoms with Crippen molar-refractivity contribution < 1.29 is 0 Å². The van der Waals surface area contributed by atoms with Gasteiger partial charge in [-0.15, -0.1) is 11.3 Å². The number of thiophene rings is 1. The summed E-state index contributed by atoms with van der Waals surface area (Å²) in [6, 6.07) is 1.99. The van der Waals surface area contributed by atoms with Crippen molar-refractivity contribution in [3.63, 3.8) is 0 Å². The molecule has 2 heterocycles. The van der Waals surface area contributed by atoms with Crippen molar-refractivity contribution >= 4 is 33.1 Å². The highest BCUT2D eigenvalue weighted by molar-refractivity contribution is 9.10. The molecule has 0 fully saturated rings. The number of nitrogens with one attached hydrogen (secondary N) is 1. The molecule has 0 saturated heterocycles. The van der Waals surface area contributed by atoms with Crippen molar-refractivity contribution in [2.24, 2.45) is 5.84 Å². The summed E-state index contributed by atoms with van der Waals surface area (Å²) in [5, 5.41) is 2.00. The van der Waals surface area contributed by atoms with Gasteiger partial charge in [0.05, 0.1) is 4.88 Å². The summed E-state index contributed by atoms with van der Waals surface area (Å²) in [6.07, 6.45) is 0. The first-order valence-corrected chi connectivity index (χ1v) is 7.30. The van der Waals surface area contributed by atoms with Gasteiger partial charge in [0, 0.05) is 15.7 Å². The fourth-order valence-corrected chi connectivity index (χ4v) is 3.42. The standard InChI is InChI=1S/C12H15BrN4S/c1-6(2)9-7(3)15-12(16-11(9)17-14)10-8(13)4-5-18-10/h4-6H,14H2,1-3H3,(H,15,16,17). The van der Waals surface area contributed by atoms with E-state index in [1.165, 1.54) is 0 Å². The molecule has 3 N–H and O–H groups in total. The second kappa shape index (κ2) is 5.34. The number of hydrogen-bond acceptors (Lipinski definition) is 5. The summed E-state index contributed by atoms with van der Waals surface area (Å²) in [5.74, 6) is 7.30. The fourth-order valence-electron chi connectivity index (χ4n) is 1.94. The first-order chi connectivity index (χ1) is 8.54. The maximum absolute atomic E-state index is 5.57. The van der Waals surface area contributed by atoms with Crippen LogP contribution in [0.3, 0.4) is 0 Å². The summed E-state index contributed by atoms with van der Waals surface area (Å²) in [6.45, 7) is 6.20. The van der Waals surface area contributed by atoms with E-state index in [2.05, 4.69) is 45.2 Å². The highest BCUT2D eigenvalue weighted by Gasteiger charge is 2.16. The number of aromatic nitrogens is 2. The van der Waals surface area contributed by atoms with Crippen LogP contribution in [0.2, 0.25) is 0 Å². The Hall–Kier alpha value is -0.980. The summed E-state index contributed by atoms with van der Waals surface area (Å²) >= 11 is 5.10. The molecule has 0 spiro atoms. The van der Waals surface area contributed by atoms with Crippen LogP contribution in [0.25, 0.3) is 10.7 Å². The molecular formula is C12H15BrN4S. The second-order valence-electron chi connectivity index (χ2n) is 4.29. The van der Waals surface area contributed by atoms with Crippen LogP contribution in [0.5, 0.6) is 0 Å². The zero-order valence-corrected chi connectivity index (χ0v) is 12.9. The lowest BCUT2D eigenvalue weighted by Crippen LogP contribution is -2.14. The largest absolute Gasteiger partial charge is 0.308 e. The Morgan fingerprint density at radius 2 is 2.11 bits per heavy atom. The lowest BCUT2D eigenvalue weighted by Gasteiger charge is -2.15. The topological polar surface area (TPSA) is 63.8 Å². The third-order valence-electron chi connectivity index (χ3n) is 2.67. The van der Waals surface area contributed by atoms with Gasteiger partial charge >= 0.3 is 0 Å². The molecule has 2 rings (SSSR count). The summed E-state index contributed by atoms with van der Waals surface area (Å²) in [4.78, 5) is 10.1. The molecule has 0 aliphatic heterocycles. The molecule has 0 atom stereocenters. The molecule has 96 valence electrons. The van der Waals surface area contributed by atoms with Crippen LogP contribution in [0.15, 0.2) is 15.9 Å². The van der Waals surface area contributed by atoms with Crippen molar-refractivity contribution in [3.8, 4) is 10.7 Å². The van der Waals surface area contributed by atoms with E-state index in [-0.39, 0.29) is 0 Å². The lowest BCUT2D eigenvalue weighted by molar-refractivity contribution is 0.832. The first-order valence-electron chi connectivity index (χ1n) is 5.63. The molecule has 0 unspecified atom stereocenters. The van der Waals surface area contributed by atoms with Gasteiger partial charge in [0.2, 0.25) is 0 Å². The first kappa shape index (κ1) is 13.5. The average molecular weight is 327 g/mol. The molecule has 2 aromatic rings. The number of rotatable bonds is 3. The zero-order chi connectivity index (χ0) is 13.3. The predicted octanol–water partition coefficient (Wildman–Crippen LogP) is 3.69. The SMILES string of the molecule is Cc1nc(-c2sccc2Br)nc(NN)c1C(C)C. The number of anilines is 1. The summed E-state index contributed by atoms with van der Waals surface area (Å²) < 4.78 is 1.01. The monoisotopic (exact) mass is 326 g/mol. The van der Waals surface area contributed by atoms with E-state index in [4.69, 9.17) is 5.84 Å². The maximum atomic E-state index is 5.57. The number of halogens is 1. The van der Waals surface area contributed by atoms with Crippen molar-refractivity contribution in [1.29, 1.82) is 0 Å². The van der Waals surface area contributed by atoms with Crippen molar-refractivity contribution in [2.45, 2.75) is 26.7 Å². The number of aryl methyl sites for hydroxylation is 1. The predicted molar refractivity (Wildman–Crippen MR) is 79.7 cm³/mol. The highest BCUT2D eigenvalue weighted by atomic mass is 79.9. The van der Waals surface area contributed by atoms with E-state index in [9.17, 15) is 0 Å². The van der Waals surface area contributed by atoms with E-state index in [0.29, 0.717) is 17.6 Å².